The number of rotatable bonds is 9. The predicted octanol–water partition coefficient (Wildman–Crippen LogP) is 5.44. The molecule has 0 atom stereocenters. The first kappa shape index (κ1) is 30.2. The Hall–Kier alpha value is -4.38. The molecule has 0 aliphatic heterocycles. The van der Waals surface area contributed by atoms with E-state index in [9.17, 15) is 14.4 Å². The third-order valence-corrected chi connectivity index (χ3v) is 6.02. The molecule has 0 heterocycles. The van der Waals surface area contributed by atoms with Crippen molar-refractivity contribution in [2.75, 3.05) is 26.6 Å². The number of benzene rings is 3. The van der Waals surface area contributed by atoms with E-state index >= 15 is 0 Å². The molecular formula is C29H30BrN3O7. The molecule has 0 bridgehead atoms. The molecule has 11 heteroatoms. The maximum absolute atomic E-state index is 13.0. The fraction of sp³-hybridized carbons (Fsp3) is 0.241. The first-order valence-corrected chi connectivity index (χ1v) is 12.8. The van der Waals surface area contributed by atoms with E-state index in [2.05, 4.69) is 31.8 Å². The molecule has 0 aromatic heterocycles. The lowest BCUT2D eigenvalue weighted by Crippen LogP contribution is -2.27. The van der Waals surface area contributed by atoms with Crippen molar-refractivity contribution in [3.8, 4) is 23.0 Å². The van der Waals surface area contributed by atoms with Crippen molar-refractivity contribution in [2.24, 2.45) is 10.5 Å². The van der Waals surface area contributed by atoms with Gasteiger partial charge in [-0.1, -0.05) is 36.7 Å². The van der Waals surface area contributed by atoms with Gasteiger partial charge in [-0.25, -0.2) is 10.2 Å². The zero-order valence-corrected chi connectivity index (χ0v) is 24.5. The van der Waals surface area contributed by atoms with Gasteiger partial charge in [0.1, 0.15) is 5.75 Å². The third kappa shape index (κ3) is 7.60. The van der Waals surface area contributed by atoms with Gasteiger partial charge in [0.25, 0.3) is 5.91 Å². The summed E-state index contributed by atoms with van der Waals surface area (Å²) in [4.78, 5) is 37.7. The highest BCUT2D eigenvalue weighted by atomic mass is 79.9. The number of hydrazone groups is 1. The Kier molecular flexibility index (Phi) is 9.89. The second kappa shape index (κ2) is 13.1. The molecular weight excluding hydrogens is 582 g/mol. The lowest BCUT2D eigenvalue weighted by atomic mass is 9.95. The van der Waals surface area contributed by atoms with E-state index in [-0.39, 0.29) is 17.2 Å². The minimum absolute atomic E-state index is 0.134. The van der Waals surface area contributed by atoms with Crippen LogP contribution in [0.4, 0.5) is 5.69 Å². The van der Waals surface area contributed by atoms with Crippen molar-refractivity contribution in [1.82, 2.24) is 5.43 Å². The molecule has 40 heavy (non-hydrogen) atoms. The second-order valence-corrected chi connectivity index (χ2v) is 10.4. The SMILES string of the molecule is COc1cc(C(=O)Oc2ccc(Br)cc2/C=N\NC(=O)c2ccc(NC(=O)C(C)(C)C)cc2)cc(OC)c1OC. The van der Waals surface area contributed by atoms with E-state index in [0.717, 1.165) is 0 Å². The monoisotopic (exact) mass is 611 g/mol. The van der Waals surface area contributed by atoms with E-state index in [1.165, 1.54) is 39.7 Å². The lowest BCUT2D eigenvalue weighted by Gasteiger charge is -2.17. The summed E-state index contributed by atoms with van der Waals surface area (Å²) in [5.74, 6) is -0.103. The lowest BCUT2D eigenvalue weighted by molar-refractivity contribution is -0.123. The number of carbonyl (C=O) groups excluding carboxylic acids is 3. The van der Waals surface area contributed by atoms with Gasteiger partial charge in [0.05, 0.1) is 33.1 Å². The van der Waals surface area contributed by atoms with Crippen molar-refractivity contribution in [1.29, 1.82) is 0 Å². The van der Waals surface area contributed by atoms with E-state index in [4.69, 9.17) is 18.9 Å². The van der Waals surface area contributed by atoms with Gasteiger partial charge >= 0.3 is 5.97 Å². The quantitative estimate of drug-likeness (QED) is 0.143. The molecule has 0 aliphatic carbocycles. The third-order valence-electron chi connectivity index (χ3n) is 5.53. The molecule has 0 fully saturated rings. The average Bonchev–Trinajstić information content (AvgIpc) is 2.93. The number of amides is 2. The molecule has 10 nitrogen and oxygen atoms in total. The number of nitrogens with zero attached hydrogens (tertiary/aromatic N) is 1. The Morgan fingerprint density at radius 2 is 1.45 bits per heavy atom. The van der Waals surface area contributed by atoms with Crippen LogP contribution in [0.1, 0.15) is 47.1 Å². The van der Waals surface area contributed by atoms with Gasteiger partial charge in [0.2, 0.25) is 11.7 Å². The van der Waals surface area contributed by atoms with Crippen LogP contribution in [0.2, 0.25) is 0 Å². The van der Waals surface area contributed by atoms with Crippen LogP contribution in [0.5, 0.6) is 23.0 Å². The number of nitrogens with one attached hydrogen (secondary N) is 2. The zero-order valence-electron chi connectivity index (χ0n) is 23.0. The van der Waals surface area contributed by atoms with Gasteiger partial charge in [-0.15, -0.1) is 0 Å². The Balaban J connectivity index is 1.73. The van der Waals surface area contributed by atoms with Gasteiger partial charge in [-0.2, -0.15) is 5.10 Å². The van der Waals surface area contributed by atoms with Crippen molar-refractivity contribution in [3.63, 3.8) is 0 Å². The standard InChI is InChI=1S/C29H30BrN3O7/c1-29(2,3)28(36)32-21-10-7-17(8-11-21)26(34)33-31-16-19-13-20(30)9-12-22(19)40-27(35)18-14-23(37-4)25(39-6)24(15-18)38-5/h7-16H,1-6H3,(H,32,36)(H,33,34)/b31-16-. The Bertz CT molecular complexity index is 1410. The summed E-state index contributed by atoms with van der Waals surface area (Å²) in [5.41, 5.74) is 3.43. The Morgan fingerprint density at radius 3 is 2.00 bits per heavy atom. The van der Waals surface area contributed by atoms with Gasteiger partial charge in [0, 0.05) is 26.7 Å². The fourth-order valence-electron chi connectivity index (χ4n) is 3.32. The minimum Gasteiger partial charge on any atom is -0.493 e. The first-order valence-electron chi connectivity index (χ1n) is 12.0. The summed E-state index contributed by atoms with van der Waals surface area (Å²) in [6.45, 7) is 5.44. The summed E-state index contributed by atoms with van der Waals surface area (Å²) >= 11 is 3.39. The molecule has 2 N–H and O–H groups in total. The van der Waals surface area contributed by atoms with Gasteiger partial charge in [-0.3, -0.25) is 9.59 Å². The maximum Gasteiger partial charge on any atom is 0.343 e. The Morgan fingerprint density at radius 1 is 0.825 bits per heavy atom. The molecule has 210 valence electrons. The highest BCUT2D eigenvalue weighted by Gasteiger charge is 2.21. The summed E-state index contributed by atoms with van der Waals surface area (Å²) in [5, 5.41) is 6.82. The van der Waals surface area contributed by atoms with Crippen LogP contribution in [-0.4, -0.2) is 45.3 Å². The summed E-state index contributed by atoms with van der Waals surface area (Å²) in [6, 6.07) is 14.4. The second-order valence-electron chi connectivity index (χ2n) is 9.47. The molecule has 3 aromatic carbocycles. The molecule has 0 saturated heterocycles. The fourth-order valence-corrected chi connectivity index (χ4v) is 3.70. The van der Waals surface area contributed by atoms with Crippen LogP contribution in [0.25, 0.3) is 0 Å². The summed E-state index contributed by atoms with van der Waals surface area (Å²) < 4.78 is 22.2. The Labute approximate surface area is 240 Å². The number of methoxy groups -OCH3 is 3. The van der Waals surface area contributed by atoms with Gasteiger partial charge in [0.15, 0.2) is 11.5 Å². The van der Waals surface area contributed by atoms with Crippen LogP contribution in [-0.2, 0) is 4.79 Å². The molecule has 0 radical (unpaired) electrons. The number of ether oxygens (including phenoxy) is 4. The van der Waals surface area contributed by atoms with Crippen LogP contribution < -0.4 is 29.7 Å². The van der Waals surface area contributed by atoms with Crippen LogP contribution >= 0.6 is 15.9 Å². The highest BCUT2D eigenvalue weighted by Crippen LogP contribution is 2.38. The van der Waals surface area contributed by atoms with Crippen molar-refractivity contribution < 1.29 is 33.3 Å². The predicted molar refractivity (Wildman–Crippen MR) is 155 cm³/mol. The number of carbonyl (C=O) groups is 3. The minimum atomic E-state index is -0.668. The zero-order chi connectivity index (χ0) is 29.4. The highest BCUT2D eigenvalue weighted by molar-refractivity contribution is 9.10. The number of halogens is 1. The van der Waals surface area contributed by atoms with Crippen LogP contribution in [0.3, 0.4) is 0 Å². The number of hydrogen-bond donors (Lipinski definition) is 2. The molecule has 2 amide bonds. The number of hydrogen-bond acceptors (Lipinski definition) is 8. The van der Waals surface area contributed by atoms with E-state index in [1.807, 2.05) is 20.8 Å². The smallest absolute Gasteiger partial charge is 0.343 e. The van der Waals surface area contributed by atoms with Crippen LogP contribution in [0.15, 0.2) is 64.2 Å². The summed E-state index contributed by atoms with van der Waals surface area (Å²) in [7, 11) is 4.36. The molecule has 0 aliphatic rings. The number of anilines is 1. The van der Waals surface area contributed by atoms with E-state index < -0.39 is 17.3 Å². The number of esters is 1. The molecule has 0 unspecified atom stereocenters. The van der Waals surface area contributed by atoms with Crippen molar-refractivity contribution in [2.45, 2.75) is 20.8 Å². The average molecular weight is 612 g/mol. The van der Waals surface area contributed by atoms with Crippen molar-refractivity contribution >= 4 is 45.6 Å². The maximum atomic E-state index is 13.0. The topological polar surface area (TPSA) is 125 Å². The molecule has 3 rings (SSSR count). The van der Waals surface area contributed by atoms with E-state index in [0.29, 0.717) is 38.5 Å². The van der Waals surface area contributed by atoms with Crippen molar-refractivity contribution in [3.05, 3.63) is 75.8 Å². The summed E-state index contributed by atoms with van der Waals surface area (Å²) in [6.07, 6.45) is 1.36. The van der Waals surface area contributed by atoms with Gasteiger partial charge < -0.3 is 24.3 Å². The largest absolute Gasteiger partial charge is 0.493 e. The van der Waals surface area contributed by atoms with E-state index in [1.54, 1.807) is 42.5 Å². The van der Waals surface area contributed by atoms with Crippen LogP contribution in [0, 0.1) is 5.41 Å². The first-order chi connectivity index (χ1) is 19.0. The van der Waals surface area contributed by atoms with Gasteiger partial charge in [-0.05, 0) is 54.6 Å². The molecule has 3 aromatic rings. The molecule has 0 spiro atoms. The molecule has 0 saturated carbocycles. The normalized spacial score (nSPS) is 11.1.